The fraction of sp³-hybridized carbons (Fsp3) is 0.750. The molecule has 1 N–H and O–H groups in total. The van der Waals surface area contributed by atoms with Crippen LogP contribution in [0.4, 0.5) is 0 Å². The van der Waals surface area contributed by atoms with Gasteiger partial charge in [0.15, 0.2) is 0 Å². The number of rotatable bonds is 5. The van der Waals surface area contributed by atoms with Crippen molar-refractivity contribution >= 4 is 0 Å². The highest BCUT2D eigenvalue weighted by Gasteiger charge is 2.29. The molecule has 0 unspecified atom stereocenters. The van der Waals surface area contributed by atoms with Crippen LogP contribution in [0.1, 0.15) is 43.9 Å². The van der Waals surface area contributed by atoms with E-state index in [9.17, 15) is 0 Å². The third-order valence-electron chi connectivity index (χ3n) is 2.83. The Hall–Kier alpha value is -0.830. The van der Waals surface area contributed by atoms with Crippen molar-refractivity contribution in [1.82, 2.24) is 15.1 Å². The molecule has 0 aromatic carbocycles. The Bertz CT molecular complexity index is 324. The van der Waals surface area contributed by atoms with E-state index in [2.05, 4.69) is 28.9 Å². The second kappa shape index (κ2) is 4.35. The zero-order valence-corrected chi connectivity index (χ0v) is 9.95. The lowest BCUT2D eigenvalue weighted by Crippen LogP contribution is -2.12. The van der Waals surface area contributed by atoms with Crippen LogP contribution in [0.3, 0.4) is 0 Å². The molecule has 1 aromatic heterocycles. The molecule has 1 aromatic rings. The van der Waals surface area contributed by atoms with Gasteiger partial charge in [-0.05, 0) is 25.8 Å². The molecule has 2 rings (SSSR count). The van der Waals surface area contributed by atoms with Crippen LogP contribution in [-0.2, 0) is 13.1 Å². The normalized spacial score (nSPS) is 16.3. The summed E-state index contributed by atoms with van der Waals surface area (Å²) in [4.78, 5) is 0. The molecule has 0 saturated heterocycles. The van der Waals surface area contributed by atoms with E-state index in [0.717, 1.165) is 19.0 Å². The van der Waals surface area contributed by atoms with Crippen LogP contribution in [0.2, 0.25) is 0 Å². The highest BCUT2D eigenvalue weighted by atomic mass is 15.3. The van der Waals surface area contributed by atoms with Crippen molar-refractivity contribution in [1.29, 1.82) is 0 Å². The van der Waals surface area contributed by atoms with Crippen LogP contribution in [-0.4, -0.2) is 16.8 Å². The zero-order chi connectivity index (χ0) is 10.8. The molecule has 15 heavy (non-hydrogen) atoms. The van der Waals surface area contributed by atoms with Crippen molar-refractivity contribution in [2.24, 2.45) is 5.92 Å². The molecule has 0 spiro atoms. The molecule has 0 atom stereocenters. The molecule has 1 aliphatic rings. The van der Waals surface area contributed by atoms with E-state index in [4.69, 9.17) is 0 Å². The van der Waals surface area contributed by atoms with Gasteiger partial charge < -0.3 is 5.32 Å². The second-order valence-corrected chi connectivity index (χ2v) is 4.94. The summed E-state index contributed by atoms with van der Waals surface area (Å²) in [5.74, 6) is 1.46. The number of hydrogen-bond donors (Lipinski definition) is 1. The Morgan fingerprint density at radius 2 is 2.27 bits per heavy atom. The first-order valence-corrected chi connectivity index (χ1v) is 5.91. The van der Waals surface area contributed by atoms with E-state index in [0.29, 0.717) is 5.92 Å². The SMILES string of the molecule is CNCc1cnn(CC(C)C)c1C1CC1. The summed E-state index contributed by atoms with van der Waals surface area (Å²) in [5, 5.41) is 7.73. The Labute approximate surface area is 91.9 Å². The molecule has 3 nitrogen and oxygen atoms in total. The molecule has 0 aliphatic heterocycles. The van der Waals surface area contributed by atoms with Crippen molar-refractivity contribution in [3.05, 3.63) is 17.5 Å². The zero-order valence-electron chi connectivity index (χ0n) is 9.95. The number of nitrogens with one attached hydrogen (secondary N) is 1. The Balaban J connectivity index is 2.21. The summed E-state index contributed by atoms with van der Waals surface area (Å²) >= 11 is 0. The van der Waals surface area contributed by atoms with Gasteiger partial charge in [-0.15, -0.1) is 0 Å². The van der Waals surface area contributed by atoms with Gasteiger partial charge in [-0.2, -0.15) is 5.10 Å². The maximum absolute atomic E-state index is 4.51. The van der Waals surface area contributed by atoms with Crippen molar-refractivity contribution in [3.8, 4) is 0 Å². The first-order valence-electron chi connectivity index (χ1n) is 5.91. The van der Waals surface area contributed by atoms with Crippen LogP contribution >= 0.6 is 0 Å². The fourth-order valence-electron chi connectivity index (χ4n) is 2.08. The minimum atomic E-state index is 0.671. The minimum Gasteiger partial charge on any atom is -0.316 e. The first-order chi connectivity index (χ1) is 7.22. The summed E-state index contributed by atoms with van der Waals surface area (Å²) in [7, 11) is 2.00. The maximum Gasteiger partial charge on any atom is 0.0537 e. The monoisotopic (exact) mass is 207 g/mol. The van der Waals surface area contributed by atoms with Crippen molar-refractivity contribution in [3.63, 3.8) is 0 Å². The summed E-state index contributed by atoms with van der Waals surface area (Å²) in [6.45, 7) is 6.49. The Morgan fingerprint density at radius 1 is 1.53 bits per heavy atom. The molecule has 1 fully saturated rings. The highest BCUT2D eigenvalue weighted by molar-refractivity contribution is 5.25. The average Bonchev–Trinajstić information content (AvgIpc) is 2.92. The van der Waals surface area contributed by atoms with Gasteiger partial charge in [-0.25, -0.2) is 0 Å². The fourth-order valence-corrected chi connectivity index (χ4v) is 2.08. The predicted octanol–water partition coefficient (Wildman–Crippen LogP) is 2.14. The third kappa shape index (κ3) is 2.40. The third-order valence-corrected chi connectivity index (χ3v) is 2.83. The molecule has 1 aliphatic carbocycles. The van der Waals surface area contributed by atoms with E-state index in [1.165, 1.54) is 24.1 Å². The standard InChI is InChI=1S/C12H21N3/c1-9(2)8-15-12(10-4-5-10)11(6-13-3)7-14-15/h7,9-10,13H,4-6,8H2,1-3H3. The van der Waals surface area contributed by atoms with Crippen LogP contribution < -0.4 is 5.32 Å². The largest absolute Gasteiger partial charge is 0.316 e. The smallest absolute Gasteiger partial charge is 0.0537 e. The Morgan fingerprint density at radius 3 is 2.80 bits per heavy atom. The molecule has 1 saturated carbocycles. The van der Waals surface area contributed by atoms with Crippen LogP contribution in [0.5, 0.6) is 0 Å². The van der Waals surface area contributed by atoms with E-state index in [1.807, 2.05) is 13.2 Å². The lowest BCUT2D eigenvalue weighted by atomic mass is 10.1. The van der Waals surface area contributed by atoms with Gasteiger partial charge in [0.05, 0.1) is 6.20 Å². The lowest BCUT2D eigenvalue weighted by Gasteiger charge is -2.10. The highest BCUT2D eigenvalue weighted by Crippen LogP contribution is 2.41. The Kier molecular flexibility index (Phi) is 3.10. The van der Waals surface area contributed by atoms with Gasteiger partial charge in [-0.1, -0.05) is 13.8 Å². The van der Waals surface area contributed by atoms with Gasteiger partial charge in [0.1, 0.15) is 0 Å². The van der Waals surface area contributed by atoms with Gasteiger partial charge in [0, 0.05) is 30.3 Å². The topological polar surface area (TPSA) is 29.9 Å². The molecule has 0 bridgehead atoms. The molecular formula is C12H21N3. The lowest BCUT2D eigenvalue weighted by molar-refractivity contribution is 0.468. The maximum atomic E-state index is 4.51. The molecular weight excluding hydrogens is 186 g/mol. The summed E-state index contributed by atoms with van der Waals surface area (Å²) < 4.78 is 2.22. The van der Waals surface area contributed by atoms with E-state index in [-0.39, 0.29) is 0 Å². The predicted molar refractivity (Wildman–Crippen MR) is 61.8 cm³/mol. The molecule has 84 valence electrons. The van der Waals surface area contributed by atoms with E-state index < -0.39 is 0 Å². The molecule has 1 heterocycles. The van der Waals surface area contributed by atoms with Crippen molar-refractivity contribution < 1.29 is 0 Å². The summed E-state index contributed by atoms with van der Waals surface area (Å²) in [5.41, 5.74) is 2.87. The van der Waals surface area contributed by atoms with Crippen LogP contribution in [0.25, 0.3) is 0 Å². The van der Waals surface area contributed by atoms with Crippen molar-refractivity contribution in [2.75, 3.05) is 7.05 Å². The number of aromatic nitrogens is 2. The minimum absolute atomic E-state index is 0.671. The molecule has 3 heteroatoms. The van der Waals surface area contributed by atoms with Gasteiger partial charge in [0.2, 0.25) is 0 Å². The average molecular weight is 207 g/mol. The molecule has 0 radical (unpaired) electrons. The molecule has 0 amide bonds. The summed E-state index contributed by atoms with van der Waals surface area (Å²) in [6.07, 6.45) is 4.73. The van der Waals surface area contributed by atoms with Gasteiger partial charge >= 0.3 is 0 Å². The number of nitrogens with zero attached hydrogens (tertiary/aromatic N) is 2. The van der Waals surface area contributed by atoms with Gasteiger partial charge in [0.25, 0.3) is 0 Å². The van der Waals surface area contributed by atoms with E-state index in [1.54, 1.807) is 0 Å². The van der Waals surface area contributed by atoms with Gasteiger partial charge in [-0.3, -0.25) is 4.68 Å². The summed E-state index contributed by atoms with van der Waals surface area (Å²) in [6, 6.07) is 0. The van der Waals surface area contributed by atoms with Crippen LogP contribution in [0.15, 0.2) is 6.20 Å². The van der Waals surface area contributed by atoms with Crippen LogP contribution in [0, 0.1) is 5.92 Å². The second-order valence-electron chi connectivity index (χ2n) is 4.94. The quantitative estimate of drug-likeness (QED) is 0.801. The first kappa shape index (κ1) is 10.7. The van der Waals surface area contributed by atoms with Crippen molar-refractivity contribution in [2.45, 2.75) is 45.7 Å². The van der Waals surface area contributed by atoms with E-state index >= 15 is 0 Å². The number of hydrogen-bond acceptors (Lipinski definition) is 2.